The van der Waals surface area contributed by atoms with Gasteiger partial charge in [-0.15, -0.1) is 0 Å². The van der Waals surface area contributed by atoms with Gasteiger partial charge in [-0.3, -0.25) is 0 Å². The Morgan fingerprint density at radius 1 is 0.900 bits per heavy atom. The molecule has 0 saturated carbocycles. The zero-order valence-electron chi connectivity index (χ0n) is 7.55. The lowest BCUT2D eigenvalue weighted by atomic mass is 10.1. The van der Waals surface area contributed by atoms with Gasteiger partial charge in [0.25, 0.3) is 0 Å². The van der Waals surface area contributed by atoms with Crippen molar-refractivity contribution < 1.29 is 9.47 Å². The van der Waals surface area contributed by atoms with Crippen LogP contribution in [0.15, 0.2) is 0 Å². The Kier molecular flexibility index (Phi) is 4.74. The lowest BCUT2D eigenvalue weighted by molar-refractivity contribution is -0.131. The maximum absolute atomic E-state index is 5.34. The predicted octanol–water partition coefficient (Wildman–Crippen LogP) is 0.753. The van der Waals surface area contributed by atoms with Crippen LogP contribution in [-0.2, 0) is 9.47 Å². The molecular formula is C7H17BO2. The van der Waals surface area contributed by atoms with Crippen molar-refractivity contribution in [1.29, 1.82) is 0 Å². The SMILES string of the molecule is BC(OC(C)C)OC(C)C. The van der Waals surface area contributed by atoms with E-state index in [2.05, 4.69) is 0 Å². The molecule has 0 saturated heterocycles. The second-order valence-electron chi connectivity index (χ2n) is 2.94. The summed E-state index contributed by atoms with van der Waals surface area (Å²) in [5.41, 5.74) is 0. The van der Waals surface area contributed by atoms with Crippen LogP contribution in [0.1, 0.15) is 27.7 Å². The van der Waals surface area contributed by atoms with E-state index in [0.29, 0.717) is 0 Å². The van der Waals surface area contributed by atoms with Crippen molar-refractivity contribution in [1.82, 2.24) is 0 Å². The van der Waals surface area contributed by atoms with Crippen LogP contribution in [0.25, 0.3) is 0 Å². The van der Waals surface area contributed by atoms with Gasteiger partial charge in [0.05, 0.1) is 12.2 Å². The quantitative estimate of drug-likeness (QED) is 0.428. The van der Waals surface area contributed by atoms with Gasteiger partial charge in [-0.05, 0) is 27.7 Å². The van der Waals surface area contributed by atoms with Crippen molar-refractivity contribution in [3.05, 3.63) is 0 Å². The molecule has 3 heteroatoms. The molecule has 60 valence electrons. The summed E-state index contributed by atoms with van der Waals surface area (Å²) in [6.07, 6.45) is 0.405. The third-order valence-electron chi connectivity index (χ3n) is 0.928. The molecule has 0 aliphatic heterocycles. The van der Waals surface area contributed by atoms with E-state index < -0.39 is 0 Å². The second-order valence-corrected chi connectivity index (χ2v) is 2.94. The van der Waals surface area contributed by atoms with Gasteiger partial charge in [0.15, 0.2) is 7.85 Å². The van der Waals surface area contributed by atoms with Crippen molar-refractivity contribution in [3.8, 4) is 0 Å². The smallest absolute Gasteiger partial charge is 0.174 e. The molecule has 0 heterocycles. The number of hydrogen-bond acceptors (Lipinski definition) is 2. The molecule has 0 fully saturated rings. The average molecular weight is 144 g/mol. The van der Waals surface area contributed by atoms with Crippen LogP contribution < -0.4 is 0 Å². The summed E-state index contributed by atoms with van der Waals surface area (Å²) in [5.74, 6) is 0. The summed E-state index contributed by atoms with van der Waals surface area (Å²) in [5, 5.41) is 0. The molecule has 0 bridgehead atoms. The van der Waals surface area contributed by atoms with Gasteiger partial charge in [0, 0.05) is 0 Å². The third-order valence-corrected chi connectivity index (χ3v) is 0.928. The van der Waals surface area contributed by atoms with E-state index in [1.54, 1.807) is 0 Å². The number of ether oxygens (including phenoxy) is 2. The van der Waals surface area contributed by atoms with Crippen LogP contribution in [0, 0.1) is 0 Å². The van der Waals surface area contributed by atoms with E-state index in [0.717, 1.165) is 0 Å². The van der Waals surface area contributed by atoms with Crippen molar-refractivity contribution in [2.45, 2.75) is 46.1 Å². The normalized spacial score (nSPS) is 11.9. The van der Waals surface area contributed by atoms with Gasteiger partial charge >= 0.3 is 0 Å². The van der Waals surface area contributed by atoms with Crippen LogP contribution in [0.5, 0.6) is 0 Å². The molecule has 0 aromatic rings. The van der Waals surface area contributed by atoms with Crippen LogP contribution in [-0.4, -0.2) is 26.2 Å². The first-order valence-corrected chi connectivity index (χ1v) is 3.83. The topological polar surface area (TPSA) is 18.5 Å². The predicted molar refractivity (Wildman–Crippen MR) is 44.8 cm³/mol. The lowest BCUT2D eigenvalue weighted by Crippen LogP contribution is -2.24. The van der Waals surface area contributed by atoms with E-state index in [9.17, 15) is 0 Å². The summed E-state index contributed by atoms with van der Waals surface area (Å²) >= 11 is 0. The zero-order valence-corrected chi connectivity index (χ0v) is 7.55. The van der Waals surface area contributed by atoms with Crippen LogP contribution in [0.2, 0.25) is 0 Å². The maximum atomic E-state index is 5.34. The molecule has 0 amide bonds. The Morgan fingerprint density at radius 2 is 1.20 bits per heavy atom. The molecule has 10 heavy (non-hydrogen) atoms. The Bertz CT molecular complexity index is 73.7. The lowest BCUT2D eigenvalue weighted by Gasteiger charge is -2.18. The molecule has 0 aliphatic carbocycles. The van der Waals surface area contributed by atoms with Gasteiger partial charge in [0.2, 0.25) is 0 Å². The van der Waals surface area contributed by atoms with E-state index in [4.69, 9.17) is 9.47 Å². The summed E-state index contributed by atoms with van der Waals surface area (Å²) in [4.78, 5) is 0. The standard InChI is InChI=1S/C7H17BO2/c1-5(2)9-7(8)10-6(3)4/h5-7H,8H2,1-4H3. The first-order chi connectivity index (χ1) is 4.52. The molecule has 0 atom stereocenters. The Labute approximate surface area is 64.3 Å². The van der Waals surface area contributed by atoms with E-state index in [1.807, 2.05) is 35.5 Å². The Balaban J connectivity index is 3.34. The summed E-state index contributed by atoms with van der Waals surface area (Å²) in [6, 6.07) is 0. The fourth-order valence-electron chi connectivity index (χ4n) is 0.799. The van der Waals surface area contributed by atoms with Crippen molar-refractivity contribution in [2.75, 3.05) is 0 Å². The van der Waals surface area contributed by atoms with E-state index in [-0.39, 0.29) is 18.4 Å². The molecule has 0 aromatic carbocycles. The Hall–Kier alpha value is -0.0151. The highest BCUT2D eigenvalue weighted by Gasteiger charge is 2.05. The highest BCUT2D eigenvalue weighted by atomic mass is 16.7. The minimum atomic E-state index is -0.0833. The number of rotatable bonds is 4. The molecule has 2 nitrogen and oxygen atoms in total. The van der Waals surface area contributed by atoms with Crippen LogP contribution in [0.3, 0.4) is 0 Å². The van der Waals surface area contributed by atoms with Gasteiger partial charge in [-0.1, -0.05) is 0 Å². The van der Waals surface area contributed by atoms with E-state index in [1.165, 1.54) is 0 Å². The summed E-state index contributed by atoms with van der Waals surface area (Å²) in [7, 11) is 1.92. The maximum Gasteiger partial charge on any atom is 0.174 e. The van der Waals surface area contributed by atoms with Crippen LogP contribution in [0.4, 0.5) is 0 Å². The first-order valence-electron chi connectivity index (χ1n) is 3.83. The molecular weight excluding hydrogens is 127 g/mol. The third kappa shape index (κ3) is 6.11. The highest BCUT2D eigenvalue weighted by molar-refractivity contribution is 6.10. The van der Waals surface area contributed by atoms with Gasteiger partial charge in [-0.25, -0.2) is 0 Å². The fourth-order valence-corrected chi connectivity index (χ4v) is 0.799. The summed E-state index contributed by atoms with van der Waals surface area (Å²) in [6.45, 7) is 8.00. The average Bonchev–Trinajstić information content (AvgIpc) is 1.58. The zero-order chi connectivity index (χ0) is 8.15. The van der Waals surface area contributed by atoms with E-state index >= 15 is 0 Å². The second kappa shape index (κ2) is 4.75. The van der Waals surface area contributed by atoms with Crippen molar-refractivity contribution >= 4 is 7.85 Å². The minimum absolute atomic E-state index is 0.0833. The molecule has 0 aromatic heterocycles. The van der Waals surface area contributed by atoms with Gasteiger partial charge < -0.3 is 9.47 Å². The monoisotopic (exact) mass is 144 g/mol. The minimum Gasteiger partial charge on any atom is -0.359 e. The molecule has 0 rings (SSSR count). The molecule has 0 unspecified atom stereocenters. The largest absolute Gasteiger partial charge is 0.359 e. The summed E-state index contributed by atoms with van der Waals surface area (Å²) < 4.78 is 10.7. The van der Waals surface area contributed by atoms with Gasteiger partial charge in [-0.2, -0.15) is 0 Å². The number of hydrogen-bond donors (Lipinski definition) is 0. The van der Waals surface area contributed by atoms with Crippen LogP contribution >= 0.6 is 0 Å². The molecule has 0 spiro atoms. The Morgan fingerprint density at radius 3 is 1.40 bits per heavy atom. The van der Waals surface area contributed by atoms with Crippen molar-refractivity contribution in [2.24, 2.45) is 0 Å². The fraction of sp³-hybridized carbons (Fsp3) is 1.00. The van der Waals surface area contributed by atoms with Crippen molar-refractivity contribution in [3.63, 3.8) is 0 Å². The first kappa shape index (κ1) is 9.98. The molecule has 0 radical (unpaired) electrons. The highest BCUT2D eigenvalue weighted by Crippen LogP contribution is 1.99. The molecule has 0 N–H and O–H groups in total. The van der Waals surface area contributed by atoms with Gasteiger partial charge in [0.1, 0.15) is 6.19 Å². The molecule has 0 aliphatic rings.